The van der Waals surface area contributed by atoms with Gasteiger partial charge in [0.05, 0.1) is 6.61 Å². The molecule has 0 aliphatic carbocycles. The minimum atomic E-state index is -1.24. The average Bonchev–Trinajstić information content (AvgIpc) is 2.87. The Bertz CT molecular complexity index is 693. The second-order valence-corrected chi connectivity index (χ2v) is 9.87. The van der Waals surface area contributed by atoms with Crippen LogP contribution in [0.25, 0.3) is 0 Å². The lowest BCUT2D eigenvalue weighted by Crippen LogP contribution is -2.42. The standard InChI is InChI=1S/C31H52O4/c1-5-9-10-11-12-13-14-15-16-17-18-19-20-23-26-34-29(32)31(7-3,8-4)30(33)35-28-25-22-21-24-27(28)6-2/h21-22,24-25H,5-20,23,26H2,1-4H3. The maximum atomic E-state index is 13.0. The summed E-state index contributed by atoms with van der Waals surface area (Å²) < 4.78 is 11.3. The first-order valence-electron chi connectivity index (χ1n) is 14.5. The van der Waals surface area contributed by atoms with Crippen molar-refractivity contribution in [3.8, 4) is 5.75 Å². The summed E-state index contributed by atoms with van der Waals surface area (Å²) in [7, 11) is 0. The number of carbonyl (C=O) groups is 2. The Labute approximate surface area is 215 Å². The number of carbonyl (C=O) groups excluding carboxylic acids is 2. The Morgan fingerprint density at radius 3 is 1.63 bits per heavy atom. The van der Waals surface area contributed by atoms with E-state index in [9.17, 15) is 9.59 Å². The van der Waals surface area contributed by atoms with Crippen molar-refractivity contribution in [3.63, 3.8) is 0 Å². The molecule has 0 atom stereocenters. The van der Waals surface area contributed by atoms with E-state index in [4.69, 9.17) is 9.47 Å². The fourth-order valence-corrected chi connectivity index (χ4v) is 4.60. The molecule has 1 rings (SSSR count). The summed E-state index contributed by atoms with van der Waals surface area (Å²) in [6.45, 7) is 8.36. The Morgan fingerprint density at radius 2 is 1.14 bits per heavy atom. The summed E-state index contributed by atoms with van der Waals surface area (Å²) in [5.41, 5.74) is -0.283. The lowest BCUT2D eigenvalue weighted by Gasteiger charge is -2.27. The van der Waals surface area contributed by atoms with Crippen molar-refractivity contribution in [2.75, 3.05) is 6.61 Å². The first-order valence-corrected chi connectivity index (χ1v) is 14.5. The predicted molar refractivity (Wildman–Crippen MR) is 146 cm³/mol. The topological polar surface area (TPSA) is 52.6 Å². The zero-order valence-corrected chi connectivity index (χ0v) is 23.2. The van der Waals surface area contributed by atoms with Crippen molar-refractivity contribution < 1.29 is 19.1 Å². The maximum absolute atomic E-state index is 13.0. The van der Waals surface area contributed by atoms with Crippen molar-refractivity contribution in [2.24, 2.45) is 5.41 Å². The van der Waals surface area contributed by atoms with E-state index in [1.54, 1.807) is 6.07 Å². The summed E-state index contributed by atoms with van der Waals surface area (Å²) in [6, 6.07) is 7.49. The number of hydrogen-bond acceptors (Lipinski definition) is 4. The van der Waals surface area contributed by atoms with Crippen LogP contribution in [0.15, 0.2) is 24.3 Å². The summed E-state index contributed by atoms with van der Waals surface area (Å²) in [5, 5.41) is 0. The summed E-state index contributed by atoms with van der Waals surface area (Å²) in [4.78, 5) is 26.0. The largest absolute Gasteiger partial charge is 0.465 e. The molecule has 0 radical (unpaired) electrons. The quantitative estimate of drug-likeness (QED) is 0.0749. The number of aryl methyl sites for hydroxylation is 1. The molecule has 0 fully saturated rings. The average molecular weight is 489 g/mol. The molecule has 0 N–H and O–H groups in total. The van der Waals surface area contributed by atoms with E-state index in [0.29, 0.717) is 25.2 Å². The van der Waals surface area contributed by atoms with E-state index in [2.05, 4.69) is 6.92 Å². The zero-order valence-electron chi connectivity index (χ0n) is 23.2. The van der Waals surface area contributed by atoms with Gasteiger partial charge in [0.2, 0.25) is 0 Å². The number of rotatable bonds is 21. The van der Waals surface area contributed by atoms with Crippen molar-refractivity contribution in [2.45, 2.75) is 137 Å². The first-order chi connectivity index (χ1) is 17.1. The highest BCUT2D eigenvalue weighted by molar-refractivity contribution is 6.00. The molecule has 1 aromatic rings. The summed E-state index contributed by atoms with van der Waals surface area (Å²) in [5.74, 6) is -0.420. The molecule has 0 aliphatic heterocycles. The molecular formula is C31H52O4. The van der Waals surface area contributed by atoms with Gasteiger partial charge in [-0.1, -0.05) is 129 Å². The minimum absolute atomic E-state index is 0.369. The third-order valence-corrected chi connectivity index (χ3v) is 7.28. The molecular weight excluding hydrogens is 436 g/mol. The highest BCUT2D eigenvalue weighted by atomic mass is 16.6. The Balaban J connectivity index is 2.23. The molecule has 0 unspecified atom stereocenters. The van der Waals surface area contributed by atoms with Crippen LogP contribution in [0.1, 0.15) is 136 Å². The van der Waals surface area contributed by atoms with Gasteiger partial charge in [-0.25, -0.2) is 0 Å². The molecule has 4 nitrogen and oxygen atoms in total. The number of benzene rings is 1. The number of hydrogen-bond donors (Lipinski definition) is 0. The van der Waals surface area contributed by atoms with Crippen LogP contribution in [0.2, 0.25) is 0 Å². The van der Waals surface area contributed by atoms with Crippen molar-refractivity contribution in [1.29, 1.82) is 0 Å². The molecule has 0 heterocycles. The van der Waals surface area contributed by atoms with Crippen LogP contribution >= 0.6 is 0 Å². The molecule has 200 valence electrons. The van der Waals surface area contributed by atoms with Gasteiger partial charge in [0.1, 0.15) is 5.75 Å². The van der Waals surface area contributed by atoms with E-state index in [1.807, 2.05) is 39.0 Å². The number of ether oxygens (including phenoxy) is 2. The van der Waals surface area contributed by atoms with E-state index < -0.39 is 17.4 Å². The fourth-order valence-electron chi connectivity index (χ4n) is 4.60. The summed E-state index contributed by atoms with van der Waals surface area (Å²) >= 11 is 0. The van der Waals surface area contributed by atoms with Gasteiger partial charge in [-0.15, -0.1) is 0 Å². The van der Waals surface area contributed by atoms with E-state index in [1.165, 1.54) is 77.0 Å². The molecule has 0 spiro atoms. The van der Waals surface area contributed by atoms with Gasteiger partial charge in [-0.05, 0) is 37.3 Å². The first kappa shape index (κ1) is 31.2. The van der Waals surface area contributed by atoms with Crippen LogP contribution in [-0.2, 0) is 20.7 Å². The lowest BCUT2D eigenvalue weighted by molar-refractivity contribution is -0.168. The molecule has 4 heteroatoms. The molecule has 1 aromatic carbocycles. The van der Waals surface area contributed by atoms with Crippen LogP contribution < -0.4 is 4.74 Å². The van der Waals surface area contributed by atoms with Gasteiger partial charge in [0, 0.05) is 0 Å². The molecule has 35 heavy (non-hydrogen) atoms. The van der Waals surface area contributed by atoms with Gasteiger partial charge < -0.3 is 9.47 Å². The number of unbranched alkanes of at least 4 members (excludes halogenated alkanes) is 13. The third kappa shape index (κ3) is 11.6. The van der Waals surface area contributed by atoms with Crippen LogP contribution in [0, 0.1) is 5.41 Å². The Hall–Kier alpha value is -1.84. The molecule has 0 amide bonds. The van der Waals surface area contributed by atoms with Crippen LogP contribution in [0.4, 0.5) is 0 Å². The number of esters is 2. The Morgan fingerprint density at radius 1 is 0.657 bits per heavy atom. The van der Waals surface area contributed by atoms with E-state index in [-0.39, 0.29) is 0 Å². The number of para-hydroxylation sites is 1. The fraction of sp³-hybridized carbons (Fsp3) is 0.742. The Kier molecular flexibility index (Phi) is 17.3. The zero-order chi connectivity index (χ0) is 25.8. The second kappa shape index (κ2) is 19.4. The van der Waals surface area contributed by atoms with Gasteiger partial charge in [-0.2, -0.15) is 0 Å². The normalized spacial score (nSPS) is 11.4. The van der Waals surface area contributed by atoms with Gasteiger partial charge >= 0.3 is 11.9 Å². The molecule has 0 aromatic heterocycles. The van der Waals surface area contributed by atoms with Crippen molar-refractivity contribution in [3.05, 3.63) is 29.8 Å². The summed E-state index contributed by atoms with van der Waals surface area (Å²) in [6.07, 6.45) is 19.5. The van der Waals surface area contributed by atoms with E-state index in [0.717, 1.165) is 24.8 Å². The van der Waals surface area contributed by atoms with Crippen molar-refractivity contribution in [1.82, 2.24) is 0 Å². The molecule has 0 saturated heterocycles. The third-order valence-electron chi connectivity index (χ3n) is 7.28. The molecule has 0 aliphatic rings. The highest BCUT2D eigenvalue weighted by Gasteiger charge is 2.46. The van der Waals surface area contributed by atoms with Crippen LogP contribution in [0.5, 0.6) is 5.75 Å². The van der Waals surface area contributed by atoms with E-state index >= 15 is 0 Å². The monoisotopic (exact) mass is 488 g/mol. The van der Waals surface area contributed by atoms with Crippen molar-refractivity contribution >= 4 is 11.9 Å². The van der Waals surface area contributed by atoms with Crippen LogP contribution in [0.3, 0.4) is 0 Å². The molecule has 0 bridgehead atoms. The van der Waals surface area contributed by atoms with Gasteiger partial charge in [0.25, 0.3) is 0 Å². The maximum Gasteiger partial charge on any atom is 0.328 e. The van der Waals surface area contributed by atoms with Crippen LogP contribution in [-0.4, -0.2) is 18.5 Å². The second-order valence-electron chi connectivity index (χ2n) is 9.87. The van der Waals surface area contributed by atoms with Gasteiger partial charge in [-0.3, -0.25) is 9.59 Å². The highest BCUT2D eigenvalue weighted by Crippen LogP contribution is 2.32. The van der Waals surface area contributed by atoms with Gasteiger partial charge in [0.15, 0.2) is 5.41 Å². The minimum Gasteiger partial charge on any atom is -0.465 e. The smallest absolute Gasteiger partial charge is 0.328 e. The lowest BCUT2D eigenvalue weighted by atomic mass is 9.82. The predicted octanol–water partition coefficient (Wildman–Crippen LogP) is 8.99. The SMILES string of the molecule is CCCCCCCCCCCCCCCCOC(=O)C(CC)(CC)C(=O)Oc1ccccc1CC. The molecule has 0 saturated carbocycles.